The number of ether oxygens (including phenoxy) is 1. The van der Waals surface area contributed by atoms with Crippen LogP contribution >= 0.6 is 0 Å². The van der Waals surface area contributed by atoms with Gasteiger partial charge < -0.3 is 10.1 Å². The lowest BCUT2D eigenvalue weighted by Crippen LogP contribution is -2.32. The number of unbranched alkanes of at least 4 members (excludes halogenated alkanes) is 1. The van der Waals surface area contributed by atoms with Gasteiger partial charge in [0.15, 0.2) is 0 Å². The van der Waals surface area contributed by atoms with Gasteiger partial charge in [-0.1, -0.05) is 13.3 Å². The monoisotopic (exact) mass is 173 g/mol. The van der Waals surface area contributed by atoms with E-state index >= 15 is 0 Å². The third kappa shape index (κ3) is 7.38. The van der Waals surface area contributed by atoms with Crippen LogP contribution in [-0.2, 0) is 4.74 Å². The highest BCUT2D eigenvalue weighted by molar-refractivity contribution is 5.67. The molecule has 0 unspecified atom stereocenters. The first kappa shape index (κ1) is 11.3. The minimum atomic E-state index is -0.393. The summed E-state index contributed by atoms with van der Waals surface area (Å²) in [4.78, 5) is 11.0. The quantitative estimate of drug-likeness (QED) is 0.665. The Morgan fingerprint density at radius 2 is 2.00 bits per heavy atom. The minimum absolute atomic E-state index is 0.323. The molecule has 0 aromatic carbocycles. The SMILES string of the molecule is CCCCNC(=O)OC(C)(C)C. The first-order chi connectivity index (χ1) is 5.45. The Morgan fingerprint density at radius 3 is 2.42 bits per heavy atom. The average molecular weight is 173 g/mol. The lowest BCUT2D eigenvalue weighted by Gasteiger charge is -2.19. The topological polar surface area (TPSA) is 38.3 Å². The highest BCUT2D eigenvalue weighted by Gasteiger charge is 2.14. The van der Waals surface area contributed by atoms with Gasteiger partial charge in [0.1, 0.15) is 5.60 Å². The van der Waals surface area contributed by atoms with Gasteiger partial charge in [-0.25, -0.2) is 4.79 Å². The van der Waals surface area contributed by atoms with Crippen molar-refractivity contribution in [3.05, 3.63) is 0 Å². The van der Waals surface area contributed by atoms with E-state index in [0.717, 1.165) is 12.8 Å². The smallest absolute Gasteiger partial charge is 0.407 e. The average Bonchev–Trinajstić information content (AvgIpc) is 1.84. The second-order valence-electron chi connectivity index (χ2n) is 3.78. The fourth-order valence-electron chi connectivity index (χ4n) is 0.681. The molecule has 1 N–H and O–H groups in total. The molecule has 0 aliphatic carbocycles. The number of carbonyl (C=O) groups is 1. The fraction of sp³-hybridized carbons (Fsp3) is 0.889. The van der Waals surface area contributed by atoms with Crippen molar-refractivity contribution in [3.8, 4) is 0 Å². The second-order valence-corrected chi connectivity index (χ2v) is 3.78. The zero-order valence-electron chi connectivity index (χ0n) is 8.44. The van der Waals surface area contributed by atoms with E-state index in [4.69, 9.17) is 4.74 Å². The summed E-state index contributed by atoms with van der Waals surface area (Å²) in [5.41, 5.74) is -0.393. The largest absolute Gasteiger partial charge is 0.444 e. The molecule has 3 heteroatoms. The van der Waals surface area contributed by atoms with Gasteiger partial charge in [0.25, 0.3) is 0 Å². The summed E-state index contributed by atoms with van der Waals surface area (Å²) in [6.07, 6.45) is 1.76. The summed E-state index contributed by atoms with van der Waals surface area (Å²) < 4.78 is 5.03. The summed E-state index contributed by atoms with van der Waals surface area (Å²) in [6.45, 7) is 8.34. The van der Waals surface area contributed by atoms with Gasteiger partial charge in [-0.2, -0.15) is 0 Å². The maximum Gasteiger partial charge on any atom is 0.407 e. The molecule has 0 saturated heterocycles. The number of rotatable bonds is 3. The van der Waals surface area contributed by atoms with E-state index in [1.165, 1.54) is 0 Å². The summed E-state index contributed by atoms with van der Waals surface area (Å²) in [5.74, 6) is 0. The number of carbonyl (C=O) groups excluding carboxylic acids is 1. The molecule has 0 bridgehead atoms. The summed E-state index contributed by atoms with van der Waals surface area (Å²) in [7, 11) is 0. The van der Waals surface area contributed by atoms with Gasteiger partial charge in [-0.05, 0) is 27.2 Å². The normalized spacial score (nSPS) is 11.0. The van der Waals surface area contributed by atoms with E-state index in [-0.39, 0.29) is 6.09 Å². The molecular weight excluding hydrogens is 154 g/mol. The Kier molecular flexibility index (Phi) is 4.71. The zero-order valence-corrected chi connectivity index (χ0v) is 8.44. The Hall–Kier alpha value is -0.730. The number of nitrogens with one attached hydrogen (secondary N) is 1. The molecule has 72 valence electrons. The van der Waals surface area contributed by atoms with Crippen LogP contribution in [0.4, 0.5) is 4.79 Å². The fourth-order valence-corrected chi connectivity index (χ4v) is 0.681. The molecule has 0 aliphatic rings. The molecule has 0 saturated carbocycles. The standard InChI is InChI=1S/C9H19NO2/c1-5-6-7-10-8(11)12-9(2,3)4/h5-7H2,1-4H3,(H,10,11). The second kappa shape index (κ2) is 5.01. The molecule has 0 fully saturated rings. The van der Waals surface area contributed by atoms with Gasteiger partial charge >= 0.3 is 6.09 Å². The molecule has 0 heterocycles. The predicted octanol–water partition coefficient (Wildman–Crippen LogP) is 2.31. The van der Waals surface area contributed by atoms with Gasteiger partial charge in [0, 0.05) is 6.54 Å². The number of alkyl carbamates (subject to hydrolysis) is 1. The minimum Gasteiger partial charge on any atom is -0.444 e. The van der Waals surface area contributed by atoms with Crippen LogP contribution in [0.1, 0.15) is 40.5 Å². The number of amides is 1. The maximum absolute atomic E-state index is 11.0. The number of hydrogen-bond donors (Lipinski definition) is 1. The van der Waals surface area contributed by atoms with E-state index in [9.17, 15) is 4.79 Å². The Balaban J connectivity index is 3.47. The van der Waals surface area contributed by atoms with Crippen molar-refractivity contribution in [1.82, 2.24) is 5.32 Å². The van der Waals surface area contributed by atoms with Crippen LogP contribution in [0.3, 0.4) is 0 Å². The van der Waals surface area contributed by atoms with Crippen LogP contribution in [0.15, 0.2) is 0 Å². The van der Waals surface area contributed by atoms with Crippen molar-refractivity contribution in [1.29, 1.82) is 0 Å². The van der Waals surface area contributed by atoms with Crippen molar-refractivity contribution in [2.24, 2.45) is 0 Å². The zero-order chi connectivity index (χ0) is 9.61. The molecule has 0 spiro atoms. The van der Waals surface area contributed by atoms with E-state index in [1.54, 1.807) is 0 Å². The molecular formula is C9H19NO2. The lowest BCUT2D eigenvalue weighted by molar-refractivity contribution is 0.0527. The molecule has 0 radical (unpaired) electrons. The van der Waals surface area contributed by atoms with E-state index in [1.807, 2.05) is 20.8 Å². The lowest BCUT2D eigenvalue weighted by atomic mass is 10.2. The molecule has 0 atom stereocenters. The van der Waals surface area contributed by atoms with Crippen LogP contribution in [0.25, 0.3) is 0 Å². The van der Waals surface area contributed by atoms with Crippen LogP contribution in [-0.4, -0.2) is 18.2 Å². The van der Waals surface area contributed by atoms with Crippen molar-refractivity contribution >= 4 is 6.09 Å². The Morgan fingerprint density at radius 1 is 1.42 bits per heavy atom. The van der Waals surface area contributed by atoms with Gasteiger partial charge in [0.2, 0.25) is 0 Å². The molecule has 0 rings (SSSR count). The number of hydrogen-bond acceptors (Lipinski definition) is 2. The third-order valence-corrected chi connectivity index (χ3v) is 1.20. The van der Waals surface area contributed by atoms with Crippen molar-refractivity contribution in [3.63, 3.8) is 0 Å². The maximum atomic E-state index is 11.0. The molecule has 1 amide bonds. The van der Waals surface area contributed by atoms with Gasteiger partial charge in [-0.3, -0.25) is 0 Å². The molecule has 0 aromatic heterocycles. The van der Waals surface area contributed by atoms with Crippen LogP contribution in [0, 0.1) is 0 Å². The van der Waals surface area contributed by atoms with Crippen molar-refractivity contribution < 1.29 is 9.53 Å². The predicted molar refractivity (Wildman–Crippen MR) is 49.1 cm³/mol. The molecule has 0 aromatic rings. The van der Waals surface area contributed by atoms with E-state index < -0.39 is 5.60 Å². The Bertz CT molecular complexity index is 138. The van der Waals surface area contributed by atoms with Gasteiger partial charge in [-0.15, -0.1) is 0 Å². The van der Waals surface area contributed by atoms with Crippen molar-refractivity contribution in [2.75, 3.05) is 6.54 Å². The summed E-state index contributed by atoms with van der Waals surface area (Å²) in [5, 5.41) is 2.68. The molecule has 0 aliphatic heterocycles. The first-order valence-electron chi connectivity index (χ1n) is 4.42. The summed E-state index contributed by atoms with van der Waals surface area (Å²) >= 11 is 0. The highest BCUT2D eigenvalue weighted by Crippen LogP contribution is 2.06. The highest BCUT2D eigenvalue weighted by atomic mass is 16.6. The third-order valence-electron chi connectivity index (χ3n) is 1.20. The molecule has 3 nitrogen and oxygen atoms in total. The summed E-state index contributed by atoms with van der Waals surface area (Å²) in [6, 6.07) is 0. The van der Waals surface area contributed by atoms with Crippen molar-refractivity contribution in [2.45, 2.75) is 46.1 Å². The van der Waals surface area contributed by atoms with Crippen LogP contribution in [0.2, 0.25) is 0 Å². The van der Waals surface area contributed by atoms with Crippen LogP contribution in [0.5, 0.6) is 0 Å². The Labute approximate surface area is 74.5 Å². The van der Waals surface area contributed by atoms with E-state index in [0.29, 0.717) is 6.54 Å². The van der Waals surface area contributed by atoms with Gasteiger partial charge in [0.05, 0.1) is 0 Å². The van der Waals surface area contributed by atoms with E-state index in [2.05, 4.69) is 12.2 Å². The molecule has 12 heavy (non-hydrogen) atoms. The first-order valence-corrected chi connectivity index (χ1v) is 4.42. The van der Waals surface area contributed by atoms with Crippen LogP contribution < -0.4 is 5.32 Å².